The van der Waals surface area contributed by atoms with E-state index in [0.29, 0.717) is 8.45 Å². The highest BCUT2D eigenvalue weighted by molar-refractivity contribution is 14.1. The molecule has 1 N–H and O–H groups in total. The van der Waals surface area contributed by atoms with Crippen LogP contribution in [0.15, 0.2) is 24.3 Å². The first-order valence-electron chi connectivity index (χ1n) is 6.02. The van der Waals surface area contributed by atoms with Crippen LogP contribution in [0.3, 0.4) is 0 Å². The van der Waals surface area contributed by atoms with Gasteiger partial charge in [-0.2, -0.15) is 13.2 Å². The van der Waals surface area contributed by atoms with Crippen LogP contribution in [0.2, 0.25) is 0 Å². The van der Waals surface area contributed by atoms with Crippen LogP contribution in [-0.2, 0) is 6.18 Å². The van der Waals surface area contributed by atoms with Gasteiger partial charge in [0.25, 0.3) is 11.6 Å². The van der Waals surface area contributed by atoms with Crippen LogP contribution in [0.4, 0.5) is 24.5 Å². The molecule has 1 amide bonds. The minimum absolute atomic E-state index is 0.000805. The van der Waals surface area contributed by atoms with Gasteiger partial charge < -0.3 is 5.32 Å². The van der Waals surface area contributed by atoms with Crippen molar-refractivity contribution in [1.29, 1.82) is 0 Å². The Morgan fingerprint density at radius 1 is 1.35 bits per heavy atom. The maximum absolute atomic E-state index is 12.7. The molecular weight excluding hydrogens is 448 g/mol. The molecule has 0 aliphatic rings. The normalized spacial score (nSPS) is 11.3. The predicted molar refractivity (Wildman–Crippen MR) is 87.8 cm³/mol. The molecule has 0 bridgehead atoms. The summed E-state index contributed by atoms with van der Waals surface area (Å²) in [5.41, 5.74) is -1.08. The first kappa shape index (κ1) is 17.7. The zero-order valence-electron chi connectivity index (χ0n) is 11.4. The lowest BCUT2D eigenvalue weighted by Gasteiger charge is -2.11. The lowest BCUT2D eigenvalue weighted by Crippen LogP contribution is -2.13. The van der Waals surface area contributed by atoms with Crippen molar-refractivity contribution in [2.75, 3.05) is 5.32 Å². The molecule has 1 aromatic carbocycles. The van der Waals surface area contributed by atoms with Gasteiger partial charge in [-0.1, -0.05) is 0 Å². The second-order valence-corrected chi connectivity index (χ2v) is 6.87. The summed E-state index contributed by atoms with van der Waals surface area (Å²) < 4.78 is 38.6. The molecule has 0 aliphatic heterocycles. The maximum atomic E-state index is 12.7. The second-order valence-electron chi connectivity index (χ2n) is 4.46. The number of aryl methyl sites for hydroxylation is 1. The number of hydrogen-bond acceptors (Lipinski definition) is 4. The summed E-state index contributed by atoms with van der Waals surface area (Å²) in [6.07, 6.45) is -4.53. The molecule has 2 aromatic rings. The van der Waals surface area contributed by atoms with Crippen LogP contribution >= 0.6 is 33.9 Å². The van der Waals surface area contributed by atoms with Crippen molar-refractivity contribution in [3.05, 3.63) is 53.3 Å². The Balaban J connectivity index is 2.30. The van der Waals surface area contributed by atoms with Gasteiger partial charge in [0.2, 0.25) is 0 Å². The number of carbonyl (C=O) groups excluding carboxylic acids is 1. The summed E-state index contributed by atoms with van der Waals surface area (Å²) in [6.45, 7) is 1.49. The number of nitrogens with one attached hydrogen (secondary N) is 1. The minimum Gasteiger partial charge on any atom is -0.320 e. The molecular formula is C13H8F3IN2O3S. The van der Waals surface area contributed by atoms with Crippen LogP contribution in [0, 0.1) is 20.6 Å². The molecule has 10 heteroatoms. The van der Waals surface area contributed by atoms with Crippen LogP contribution in [0.5, 0.6) is 0 Å². The summed E-state index contributed by atoms with van der Waals surface area (Å²) in [7, 11) is 0. The third-order valence-electron chi connectivity index (χ3n) is 2.85. The minimum atomic E-state index is -4.53. The summed E-state index contributed by atoms with van der Waals surface area (Å²) in [5.74, 6) is -0.691. The number of carbonyl (C=O) groups is 1. The molecule has 23 heavy (non-hydrogen) atoms. The number of alkyl halides is 3. The number of nitrogens with zero attached hydrogens (tertiary/aromatic N) is 1. The average Bonchev–Trinajstić information content (AvgIpc) is 2.82. The molecule has 122 valence electrons. The van der Waals surface area contributed by atoms with Gasteiger partial charge in [0.05, 0.1) is 25.9 Å². The molecule has 5 nitrogen and oxygen atoms in total. The van der Waals surface area contributed by atoms with Gasteiger partial charge >= 0.3 is 6.18 Å². The fourth-order valence-electron chi connectivity index (χ4n) is 1.75. The molecule has 0 spiro atoms. The van der Waals surface area contributed by atoms with E-state index in [-0.39, 0.29) is 16.3 Å². The number of thiophene rings is 1. The topological polar surface area (TPSA) is 72.2 Å². The molecule has 0 radical (unpaired) electrons. The fourth-order valence-corrected chi connectivity index (χ4v) is 3.10. The number of rotatable bonds is 3. The second kappa shape index (κ2) is 6.43. The molecule has 0 fully saturated rings. The Morgan fingerprint density at radius 3 is 2.52 bits per heavy atom. The lowest BCUT2D eigenvalue weighted by atomic mass is 10.2. The monoisotopic (exact) mass is 456 g/mol. The molecule has 0 atom stereocenters. The Morgan fingerprint density at radius 2 is 2.00 bits per heavy atom. The van der Waals surface area contributed by atoms with Crippen LogP contribution in [0.1, 0.15) is 20.1 Å². The van der Waals surface area contributed by atoms with Crippen LogP contribution in [0.25, 0.3) is 0 Å². The van der Waals surface area contributed by atoms with Gasteiger partial charge in [-0.25, -0.2) is 0 Å². The molecule has 1 aromatic heterocycles. The number of benzene rings is 1. The van der Waals surface area contributed by atoms with Crippen molar-refractivity contribution >= 4 is 51.2 Å². The summed E-state index contributed by atoms with van der Waals surface area (Å²) >= 11 is 2.70. The van der Waals surface area contributed by atoms with Crippen molar-refractivity contribution in [2.24, 2.45) is 0 Å². The van der Waals surface area contributed by atoms with Gasteiger partial charge in [-0.15, -0.1) is 11.3 Å². The number of amides is 1. The van der Waals surface area contributed by atoms with Crippen LogP contribution in [-0.4, -0.2) is 10.8 Å². The van der Waals surface area contributed by atoms with E-state index in [1.807, 2.05) is 0 Å². The largest absolute Gasteiger partial charge is 0.416 e. The highest BCUT2D eigenvalue weighted by atomic mass is 127. The molecule has 0 saturated carbocycles. The lowest BCUT2D eigenvalue weighted by molar-refractivity contribution is -0.385. The standard InChI is InChI=1S/C13H8F3IN2O3S/c1-6-10(19(21)22)5-11(23-6)12(20)18-9-4-7(13(14,15)16)2-3-8(9)17/h2-5H,1H3,(H,18,20). The van der Waals surface area contributed by atoms with E-state index < -0.39 is 22.6 Å². The Hall–Kier alpha value is -1.69. The zero-order valence-corrected chi connectivity index (χ0v) is 14.4. The maximum Gasteiger partial charge on any atom is 0.416 e. The van der Waals surface area contributed by atoms with E-state index in [0.717, 1.165) is 29.5 Å². The third-order valence-corrected chi connectivity index (χ3v) is 4.83. The van der Waals surface area contributed by atoms with Crippen molar-refractivity contribution in [1.82, 2.24) is 0 Å². The van der Waals surface area contributed by atoms with E-state index >= 15 is 0 Å². The predicted octanol–water partition coefficient (Wildman–Crippen LogP) is 4.84. The number of hydrogen-bond donors (Lipinski definition) is 1. The number of nitro groups is 1. The Kier molecular flexibility index (Phi) is 4.94. The zero-order chi connectivity index (χ0) is 17.4. The van der Waals surface area contributed by atoms with Crippen molar-refractivity contribution < 1.29 is 22.9 Å². The van der Waals surface area contributed by atoms with Crippen molar-refractivity contribution in [2.45, 2.75) is 13.1 Å². The summed E-state index contributed by atoms with van der Waals surface area (Å²) in [5, 5.41) is 13.1. The number of halogens is 4. The van der Waals surface area contributed by atoms with E-state index in [4.69, 9.17) is 0 Å². The Bertz CT molecular complexity index is 789. The summed E-state index contributed by atoms with van der Waals surface area (Å²) in [6, 6.07) is 4.09. The van der Waals surface area contributed by atoms with Gasteiger partial charge in [0.15, 0.2) is 0 Å². The molecule has 2 rings (SSSR count). The summed E-state index contributed by atoms with van der Waals surface area (Å²) in [4.78, 5) is 22.7. The van der Waals surface area contributed by atoms with E-state index in [2.05, 4.69) is 5.32 Å². The molecule has 1 heterocycles. The highest BCUT2D eigenvalue weighted by Crippen LogP contribution is 2.33. The van der Waals surface area contributed by atoms with Gasteiger partial charge in [-0.3, -0.25) is 14.9 Å². The average molecular weight is 456 g/mol. The van der Waals surface area contributed by atoms with Gasteiger partial charge in [-0.05, 0) is 47.7 Å². The molecule has 0 aliphatic carbocycles. The Labute approximate surface area is 145 Å². The fraction of sp³-hybridized carbons (Fsp3) is 0.154. The highest BCUT2D eigenvalue weighted by Gasteiger charge is 2.31. The molecule has 0 unspecified atom stereocenters. The first-order chi connectivity index (χ1) is 10.6. The first-order valence-corrected chi connectivity index (χ1v) is 7.92. The van der Waals surface area contributed by atoms with Gasteiger partial charge in [0.1, 0.15) is 0 Å². The quantitative estimate of drug-likeness (QED) is 0.408. The third kappa shape index (κ3) is 3.99. The van der Waals surface area contributed by atoms with E-state index in [1.54, 1.807) is 22.6 Å². The van der Waals surface area contributed by atoms with E-state index in [9.17, 15) is 28.1 Å². The van der Waals surface area contributed by atoms with E-state index in [1.165, 1.54) is 13.0 Å². The van der Waals surface area contributed by atoms with Crippen molar-refractivity contribution in [3.63, 3.8) is 0 Å². The van der Waals surface area contributed by atoms with Gasteiger partial charge in [0, 0.05) is 9.64 Å². The SMILES string of the molecule is Cc1sc(C(=O)Nc2cc(C(F)(F)F)ccc2I)cc1[N+](=O)[O-]. The smallest absolute Gasteiger partial charge is 0.320 e. The van der Waals surface area contributed by atoms with Crippen LogP contribution < -0.4 is 5.32 Å². The molecule has 0 saturated heterocycles. The van der Waals surface area contributed by atoms with Crippen molar-refractivity contribution in [3.8, 4) is 0 Å². The number of anilines is 1.